The highest BCUT2D eigenvalue weighted by molar-refractivity contribution is 7.80. The number of fused-ring (bicyclic) bond motifs is 1. The van der Waals surface area contributed by atoms with Gasteiger partial charge < -0.3 is 25.8 Å². The fourth-order valence-electron chi connectivity index (χ4n) is 2.39. The first-order valence-corrected chi connectivity index (χ1v) is 6.80. The minimum Gasteiger partial charge on any atom is -0.493 e. The Labute approximate surface area is 117 Å². The number of benzene rings is 1. The molecule has 19 heavy (non-hydrogen) atoms. The van der Waals surface area contributed by atoms with Crippen molar-refractivity contribution in [1.29, 1.82) is 0 Å². The maximum atomic E-state index is 5.92. The molecule has 0 aromatic heterocycles. The zero-order valence-electron chi connectivity index (χ0n) is 10.5. The molecule has 3 rings (SSSR count). The van der Waals surface area contributed by atoms with Crippen molar-refractivity contribution in [2.75, 3.05) is 25.1 Å². The second-order valence-corrected chi connectivity index (χ2v) is 5.20. The molecule has 2 aliphatic heterocycles. The Bertz CT molecular complexity index is 495. The maximum absolute atomic E-state index is 5.92. The molecule has 0 spiro atoms. The van der Waals surface area contributed by atoms with Gasteiger partial charge >= 0.3 is 0 Å². The summed E-state index contributed by atoms with van der Waals surface area (Å²) < 4.78 is 10.8. The molecule has 0 radical (unpaired) electrons. The molecule has 1 aromatic rings. The fourth-order valence-corrected chi connectivity index (χ4v) is 2.65. The van der Waals surface area contributed by atoms with Crippen LogP contribution in [0.3, 0.4) is 0 Å². The van der Waals surface area contributed by atoms with E-state index in [2.05, 4.69) is 10.6 Å². The van der Waals surface area contributed by atoms with E-state index in [1.807, 2.05) is 18.2 Å². The highest BCUT2D eigenvalue weighted by Crippen LogP contribution is 2.31. The van der Waals surface area contributed by atoms with Gasteiger partial charge in [-0.1, -0.05) is 6.07 Å². The molecule has 0 amide bonds. The normalized spacial score (nSPS) is 24.7. The highest BCUT2D eigenvalue weighted by Gasteiger charge is 2.25. The second kappa shape index (κ2) is 5.32. The largest absolute Gasteiger partial charge is 0.493 e. The van der Waals surface area contributed by atoms with E-state index in [4.69, 9.17) is 27.4 Å². The van der Waals surface area contributed by atoms with Gasteiger partial charge in [0.25, 0.3) is 0 Å². The smallest absolute Gasteiger partial charge is 0.171 e. The lowest BCUT2D eigenvalue weighted by Crippen LogP contribution is -2.48. The summed E-state index contributed by atoms with van der Waals surface area (Å²) >= 11 is 5.32. The van der Waals surface area contributed by atoms with Gasteiger partial charge in [0.15, 0.2) is 5.11 Å². The average Bonchev–Trinajstić information content (AvgIpc) is 3.00. The summed E-state index contributed by atoms with van der Waals surface area (Å²) in [5, 5.41) is 6.99. The van der Waals surface area contributed by atoms with Gasteiger partial charge in [0.2, 0.25) is 0 Å². The topological polar surface area (TPSA) is 68.5 Å². The number of nitrogens with one attached hydrogen (secondary N) is 2. The minimum atomic E-state index is -0.00966. The molecule has 2 atom stereocenters. The molecule has 2 heterocycles. The van der Waals surface area contributed by atoms with Gasteiger partial charge in [-0.15, -0.1) is 0 Å². The fraction of sp³-hybridized carbons (Fsp3) is 0.462. The molecule has 0 bridgehead atoms. The number of hydrogen-bond acceptors (Lipinski definition) is 4. The van der Waals surface area contributed by atoms with Crippen molar-refractivity contribution in [2.45, 2.75) is 18.5 Å². The third kappa shape index (κ3) is 2.65. The Hall–Kier alpha value is -1.37. The zero-order valence-corrected chi connectivity index (χ0v) is 11.3. The van der Waals surface area contributed by atoms with Gasteiger partial charge in [0, 0.05) is 17.7 Å². The summed E-state index contributed by atoms with van der Waals surface area (Å²) in [6.07, 6.45) is 0.910. The van der Waals surface area contributed by atoms with Crippen molar-refractivity contribution in [3.05, 3.63) is 23.8 Å². The van der Waals surface area contributed by atoms with E-state index in [1.54, 1.807) is 0 Å². The van der Waals surface area contributed by atoms with Crippen LogP contribution in [0.4, 0.5) is 5.69 Å². The Kier molecular flexibility index (Phi) is 3.54. The van der Waals surface area contributed by atoms with Crippen molar-refractivity contribution in [3.63, 3.8) is 0 Å². The first-order valence-electron chi connectivity index (χ1n) is 6.39. The summed E-state index contributed by atoms with van der Waals surface area (Å²) in [5.41, 5.74) is 8.10. The highest BCUT2D eigenvalue weighted by atomic mass is 32.1. The van der Waals surface area contributed by atoms with Crippen LogP contribution in [0.15, 0.2) is 18.2 Å². The van der Waals surface area contributed by atoms with Crippen molar-refractivity contribution in [2.24, 2.45) is 5.73 Å². The number of thiocarbonyl (C=S) groups is 1. The maximum Gasteiger partial charge on any atom is 0.171 e. The van der Waals surface area contributed by atoms with E-state index in [0.29, 0.717) is 18.3 Å². The molecule has 4 N–H and O–H groups in total. The summed E-state index contributed by atoms with van der Waals surface area (Å²) in [4.78, 5) is 0. The number of nitrogens with two attached hydrogens (primary N) is 1. The molecule has 0 saturated carbocycles. The van der Waals surface area contributed by atoms with E-state index >= 15 is 0 Å². The molecule has 2 aliphatic rings. The predicted molar refractivity (Wildman–Crippen MR) is 77.6 cm³/mol. The molecule has 6 heteroatoms. The summed E-state index contributed by atoms with van der Waals surface area (Å²) in [5.74, 6) is 0.939. The molecule has 5 nitrogen and oxygen atoms in total. The standard InChI is InChI=1S/C13H17N3O2S/c14-9-6-17-7-11(9)16-13(19)15-10-2-1-3-12-8(10)4-5-18-12/h1-3,9,11H,4-7,14H2,(H2,15,16,19)/t9-,11+/m0/s1. The van der Waals surface area contributed by atoms with E-state index in [-0.39, 0.29) is 12.1 Å². The van der Waals surface area contributed by atoms with Crippen LogP contribution in [0.25, 0.3) is 0 Å². The van der Waals surface area contributed by atoms with Gasteiger partial charge in [-0.2, -0.15) is 0 Å². The van der Waals surface area contributed by atoms with Crippen LogP contribution in [-0.2, 0) is 11.2 Å². The quantitative estimate of drug-likeness (QED) is 0.690. The number of rotatable bonds is 2. The Balaban J connectivity index is 1.65. The van der Waals surface area contributed by atoms with E-state index in [0.717, 1.165) is 24.5 Å². The molecular formula is C13H17N3O2S. The Morgan fingerprint density at radius 2 is 2.26 bits per heavy atom. The van der Waals surface area contributed by atoms with Crippen LogP contribution < -0.4 is 21.1 Å². The Morgan fingerprint density at radius 3 is 3.05 bits per heavy atom. The third-order valence-electron chi connectivity index (χ3n) is 3.43. The van der Waals surface area contributed by atoms with Crippen molar-refractivity contribution >= 4 is 23.0 Å². The SMILES string of the molecule is N[C@H]1COC[C@H]1NC(=S)Nc1cccc2c1CCO2. The van der Waals surface area contributed by atoms with Gasteiger partial charge in [-0.05, 0) is 24.4 Å². The zero-order chi connectivity index (χ0) is 13.2. The van der Waals surface area contributed by atoms with Crippen LogP contribution in [0.2, 0.25) is 0 Å². The average molecular weight is 279 g/mol. The lowest BCUT2D eigenvalue weighted by Gasteiger charge is -2.19. The summed E-state index contributed by atoms with van der Waals surface area (Å²) in [6.45, 7) is 1.91. The lowest BCUT2D eigenvalue weighted by atomic mass is 10.1. The van der Waals surface area contributed by atoms with Gasteiger partial charge in [0.05, 0.1) is 31.9 Å². The third-order valence-corrected chi connectivity index (χ3v) is 3.65. The predicted octanol–water partition coefficient (Wildman–Crippen LogP) is 0.634. The molecular weight excluding hydrogens is 262 g/mol. The first kappa shape index (κ1) is 12.7. The molecule has 1 fully saturated rings. The van der Waals surface area contributed by atoms with E-state index < -0.39 is 0 Å². The molecule has 102 valence electrons. The minimum absolute atomic E-state index is 0.00966. The van der Waals surface area contributed by atoms with Crippen LogP contribution >= 0.6 is 12.2 Å². The van der Waals surface area contributed by atoms with Crippen LogP contribution in [0.1, 0.15) is 5.56 Å². The molecule has 1 saturated heterocycles. The van der Waals surface area contributed by atoms with Gasteiger partial charge in [-0.25, -0.2) is 0 Å². The molecule has 0 unspecified atom stereocenters. The number of ether oxygens (including phenoxy) is 2. The summed E-state index contributed by atoms with van der Waals surface area (Å²) in [7, 11) is 0. The molecule has 0 aliphatic carbocycles. The van der Waals surface area contributed by atoms with Crippen LogP contribution in [0.5, 0.6) is 5.75 Å². The van der Waals surface area contributed by atoms with Gasteiger partial charge in [0.1, 0.15) is 5.75 Å². The summed E-state index contributed by atoms with van der Waals surface area (Å²) in [6, 6.07) is 6.01. The van der Waals surface area contributed by atoms with E-state index in [1.165, 1.54) is 5.56 Å². The molecule has 1 aromatic carbocycles. The lowest BCUT2D eigenvalue weighted by molar-refractivity contribution is 0.189. The van der Waals surface area contributed by atoms with Crippen molar-refractivity contribution in [1.82, 2.24) is 5.32 Å². The van der Waals surface area contributed by atoms with Gasteiger partial charge in [-0.3, -0.25) is 0 Å². The van der Waals surface area contributed by atoms with Crippen LogP contribution in [0, 0.1) is 0 Å². The van der Waals surface area contributed by atoms with Crippen LogP contribution in [-0.4, -0.2) is 37.0 Å². The second-order valence-electron chi connectivity index (χ2n) is 4.79. The Morgan fingerprint density at radius 1 is 1.37 bits per heavy atom. The van der Waals surface area contributed by atoms with E-state index in [9.17, 15) is 0 Å². The monoisotopic (exact) mass is 279 g/mol. The van der Waals surface area contributed by atoms with Crippen molar-refractivity contribution < 1.29 is 9.47 Å². The number of anilines is 1. The number of hydrogen-bond donors (Lipinski definition) is 3. The van der Waals surface area contributed by atoms with Crippen molar-refractivity contribution in [3.8, 4) is 5.75 Å². The first-order chi connectivity index (χ1) is 9.24.